The van der Waals surface area contributed by atoms with E-state index in [-0.39, 0.29) is 5.91 Å². The van der Waals surface area contributed by atoms with Crippen molar-refractivity contribution in [2.45, 2.75) is 26.9 Å². The number of amides is 1. The van der Waals surface area contributed by atoms with E-state index >= 15 is 0 Å². The minimum absolute atomic E-state index is 0.196. The van der Waals surface area contributed by atoms with Crippen LogP contribution in [0.3, 0.4) is 0 Å². The largest absolute Gasteiger partial charge is 0.481 e. The predicted molar refractivity (Wildman–Crippen MR) is 86.1 cm³/mol. The Bertz CT molecular complexity index is 638. The predicted octanol–water partition coefficient (Wildman–Crippen LogP) is 4.36. The maximum Gasteiger partial charge on any atom is 0.265 e. The van der Waals surface area contributed by atoms with Crippen molar-refractivity contribution in [3.63, 3.8) is 0 Å². The van der Waals surface area contributed by atoms with Crippen LogP contribution in [0.4, 0.5) is 5.69 Å². The third kappa shape index (κ3) is 4.23. The molecule has 4 heteroatoms. The van der Waals surface area contributed by atoms with Gasteiger partial charge in [-0.3, -0.25) is 4.79 Å². The molecule has 2 aromatic rings. The highest BCUT2D eigenvalue weighted by atomic mass is 35.5. The minimum Gasteiger partial charge on any atom is -0.481 e. The van der Waals surface area contributed by atoms with Gasteiger partial charge < -0.3 is 10.1 Å². The van der Waals surface area contributed by atoms with Gasteiger partial charge in [0.05, 0.1) is 0 Å². The second-order valence-electron chi connectivity index (χ2n) is 5.03. The first-order valence-corrected chi connectivity index (χ1v) is 7.14. The normalized spacial score (nSPS) is 11.8. The summed E-state index contributed by atoms with van der Waals surface area (Å²) >= 11 is 5.81. The van der Waals surface area contributed by atoms with Crippen LogP contribution >= 0.6 is 11.6 Å². The van der Waals surface area contributed by atoms with Crippen LogP contribution in [0.25, 0.3) is 0 Å². The standard InChI is InChI=1S/C17H18ClNO2/c1-11-4-5-12(2)16(10-11)21-13(3)17(20)19-15-8-6-14(18)7-9-15/h4-10,13H,1-3H3,(H,19,20). The first-order valence-electron chi connectivity index (χ1n) is 6.76. The molecule has 0 saturated heterocycles. The number of hydrogen-bond acceptors (Lipinski definition) is 2. The lowest BCUT2D eigenvalue weighted by molar-refractivity contribution is -0.122. The highest BCUT2D eigenvalue weighted by molar-refractivity contribution is 6.30. The van der Waals surface area contributed by atoms with Gasteiger partial charge in [-0.05, 0) is 62.2 Å². The van der Waals surface area contributed by atoms with Gasteiger partial charge >= 0.3 is 0 Å². The molecule has 0 aliphatic heterocycles. The lowest BCUT2D eigenvalue weighted by Gasteiger charge is -2.16. The number of rotatable bonds is 4. The van der Waals surface area contributed by atoms with Gasteiger partial charge in [-0.15, -0.1) is 0 Å². The van der Waals surface area contributed by atoms with E-state index in [0.29, 0.717) is 10.7 Å². The van der Waals surface area contributed by atoms with Crippen molar-refractivity contribution in [2.75, 3.05) is 5.32 Å². The number of carbonyl (C=O) groups is 1. The van der Waals surface area contributed by atoms with Crippen molar-refractivity contribution >= 4 is 23.2 Å². The molecule has 2 aromatic carbocycles. The van der Waals surface area contributed by atoms with E-state index in [1.807, 2.05) is 32.0 Å². The summed E-state index contributed by atoms with van der Waals surface area (Å²) in [6, 6.07) is 12.9. The molecule has 3 nitrogen and oxygen atoms in total. The van der Waals surface area contributed by atoms with Crippen molar-refractivity contribution in [3.8, 4) is 5.75 Å². The van der Waals surface area contributed by atoms with E-state index in [1.54, 1.807) is 31.2 Å². The zero-order valence-corrected chi connectivity index (χ0v) is 13.1. The Balaban J connectivity index is 2.02. The van der Waals surface area contributed by atoms with E-state index < -0.39 is 6.10 Å². The molecule has 0 aliphatic rings. The number of halogens is 1. The summed E-state index contributed by atoms with van der Waals surface area (Å²) in [6.45, 7) is 5.68. The summed E-state index contributed by atoms with van der Waals surface area (Å²) in [5.41, 5.74) is 2.80. The van der Waals surface area contributed by atoms with Gasteiger partial charge in [-0.1, -0.05) is 23.7 Å². The molecule has 1 amide bonds. The summed E-state index contributed by atoms with van der Waals surface area (Å²) in [5.74, 6) is 0.534. The quantitative estimate of drug-likeness (QED) is 0.911. The van der Waals surface area contributed by atoms with Gasteiger partial charge in [0.1, 0.15) is 5.75 Å². The summed E-state index contributed by atoms with van der Waals surface area (Å²) in [6.07, 6.45) is -0.582. The molecule has 0 radical (unpaired) electrons. The van der Waals surface area contributed by atoms with E-state index in [4.69, 9.17) is 16.3 Å². The van der Waals surface area contributed by atoms with E-state index in [9.17, 15) is 4.79 Å². The molecular formula is C17H18ClNO2. The molecule has 1 unspecified atom stereocenters. The molecule has 0 fully saturated rings. The Morgan fingerprint density at radius 2 is 1.81 bits per heavy atom. The zero-order valence-electron chi connectivity index (χ0n) is 12.3. The van der Waals surface area contributed by atoms with Crippen LogP contribution in [0.1, 0.15) is 18.1 Å². The van der Waals surface area contributed by atoms with Crippen LogP contribution in [0.15, 0.2) is 42.5 Å². The lowest BCUT2D eigenvalue weighted by Crippen LogP contribution is -2.30. The number of benzene rings is 2. The van der Waals surface area contributed by atoms with Crippen LogP contribution in [0.5, 0.6) is 5.75 Å². The van der Waals surface area contributed by atoms with E-state index in [0.717, 1.165) is 16.9 Å². The van der Waals surface area contributed by atoms with Gasteiger partial charge in [0.2, 0.25) is 0 Å². The van der Waals surface area contributed by atoms with Gasteiger partial charge in [-0.25, -0.2) is 0 Å². The number of anilines is 1. The van der Waals surface area contributed by atoms with E-state index in [2.05, 4.69) is 5.32 Å². The summed E-state index contributed by atoms with van der Waals surface area (Å²) in [5, 5.41) is 3.43. The van der Waals surface area contributed by atoms with Gasteiger partial charge in [-0.2, -0.15) is 0 Å². The van der Waals surface area contributed by atoms with Crippen LogP contribution < -0.4 is 10.1 Å². The number of hydrogen-bond donors (Lipinski definition) is 1. The molecule has 1 N–H and O–H groups in total. The van der Waals surface area contributed by atoms with Crippen molar-refractivity contribution in [2.24, 2.45) is 0 Å². The minimum atomic E-state index is -0.582. The fraction of sp³-hybridized carbons (Fsp3) is 0.235. The fourth-order valence-corrected chi connectivity index (χ4v) is 1.98. The molecule has 0 spiro atoms. The third-order valence-electron chi connectivity index (χ3n) is 3.13. The second-order valence-corrected chi connectivity index (χ2v) is 5.46. The van der Waals surface area contributed by atoms with Crippen LogP contribution in [-0.2, 0) is 4.79 Å². The number of ether oxygens (including phenoxy) is 1. The van der Waals surface area contributed by atoms with Crippen molar-refractivity contribution in [3.05, 3.63) is 58.6 Å². The van der Waals surface area contributed by atoms with Crippen LogP contribution in [-0.4, -0.2) is 12.0 Å². The molecule has 110 valence electrons. The third-order valence-corrected chi connectivity index (χ3v) is 3.38. The molecule has 21 heavy (non-hydrogen) atoms. The monoisotopic (exact) mass is 303 g/mol. The summed E-state index contributed by atoms with van der Waals surface area (Å²) in [4.78, 5) is 12.1. The van der Waals surface area contributed by atoms with Gasteiger partial charge in [0, 0.05) is 10.7 Å². The number of nitrogens with one attached hydrogen (secondary N) is 1. The maximum absolute atomic E-state index is 12.1. The summed E-state index contributed by atoms with van der Waals surface area (Å²) < 4.78 is 5.75. The average molecular weight is 304 g/mol. The van der Waals surface area contributed by atoms with Crippen molar-refractivity contribution < 1.29 is 9.53 Å². The highest BCUT2D eigenvalue weighted by Crippen LogP contribution is 2.21. The lowest BCUT2D eigenvalue weighted by atomic mass is 10.1. The molecule has 0 bridgehead atoms. The Hall–Kier alpha value is -2.00. The second kappa shape index (κ2) is 6.64. The molecule has 1 atom stereocenters. The average Bonchev–Trinajstić information content (AvgIpc) is 2.45. The zero-order chi connectivity index (χ0) is 15.4. The van der Waals surface area contributed by atoms with E-state index in [1.165, 1.54) is 0 Å². The summed E-state index contributed by atoms with van der Waals surface area (Å²) in [7, 11) is 0. The van der Waals surface area contributed by atoms with Crippen LogP contribution in [0.2, 0.25) is 5.02 Å². The maximum atomic E-state index is 12.1. The first-order chi connectivity index (χ1) is 9.95. The molecule has 0 saturated carbocycles. The topological polar surface area (TPSA) is 38.3 Å². The Kier molecular flexibility index (Phi) is 4.86. The fourth-order valence-electron chi connectivity index (χ4n) is 1.86. The molecular weight excluding hydrogens is 286 g/mol. The molecule has 0 heterocycles. The SMILES string of the molecule is Cc1ccc(C)c(OC(C)C(=O)Nc2ccc(Cl)cc2)c1. The number of aryl methyl sites for hydroxylation is 2. The highest BCUT2D eigenvalue weighted by Gasteiger charge is 2.15. The Labute approximate surface area is 129 Å². The Morgan fingerprint density at radius 3 is 2.48 bits per heavy atom. The Morgan fingerprint density at radius 1 is 1.14 bits per heavy atom. The first kappa shape index (κ1) is 15.4. The van der Waals surface area contributed by atoms with Crippen molar-refractivity contribution in [1.29, 1.82) is 0 Å². The van der Waals surface area contributed by atoms with Gasteiger partial charge in [0.15, 0.2) is 6.10 Å². The number of carbonyl (C=O) groups excluding carboxylic acids is 1. The van der Waals surface area contributed by atoms with Crippen molar-refractivity contribution in [1.82, 2.24) is 0 Å². The molecule has 0 aromatic heterocycles. The molecule has 2 rings (SSSR count). The molecule has 0 aliphatic carbocycles. The smallest absolute Gasteiger partial charge is 0.265 e. The van der Waals surface area contributed by atoms with Crippen LogP contribution in [0, 0.1) is 13.8 Å². The van der Waals surface area contributed by atoms with Gasteiger partial charge in [0.25, 0.3) is 5.91 Å².